The zero-order chi connectivity index (χ0) is 26.4. The molecule has 2 aromatic rings. The Morgan fingerprint density at radius 2 is 1.58 bits per heavy atom. The fraction of sp³-hybridized carbons (Fsp3) is 0.571. The molecular weight excluding hydrogens is 462 g/mol. The van der Waals surface area contributed by atoms with Gasteiger partial charge in [0.05, 0.1) is 6.10 Å². The number of aliphatic hydroxyl groups is 3. The van der Waals surface area contributed by atoms with Gasteiger partial charge in [-0.25, -0.2) is 9.78 Å². The number of hydrogen-bond donors (Lipinski definition) is 4. The van der Waals surface area contributed by atoms with Crippen LogP contribution in [0.1, 0.15) is 63.6 Å². The molecule has 2 aromatic carbocycles. The number of benzene rings is 2. The summed E-state index contributed by atoms with van der Waals surface area (Å²) in [6, 6.07) is 16.3. The van der Waals surface area contributed by atoms with Gasteiger partial charge in [-0.2, -0.15) is 0 Å². The molecule has 0 aromatic heterocycles. The van der Waals surface area contributed by atoms with Crippen LogP contribution in [0.4, 0.5) is 0 Å². The van der Waals surface area contributed by atoms with Crippen molar-refractivity contribution in [1.29, 1.82) is 0 Å². The van der Waals surface area contributed by atoms with E-state index >= 15 is 0 Å². The summed E-state index contributed by atoms with van der Waals surface area (Å²) in [7, 11) is 0. The van der Waals surface area contributed by atoms with Gasteiger partial charge in [-0.15, -0.1) is 0 Å². The largest absolute Gasteiger partial charge is 0.508 e. The molecule has 1 unspecified atom stereocenters. The van der Waals surface area contributed by atoms with Crippen LogP contribution in [0, 0.1) is 0 Å². The molecule has 1 heterocycles. The van der Waals surface area contributed by atoms with Crippen molar-refractivity contribution in [3.63, 3.8) is 0 Å². The molecule has 1 fully saturated rings. The fourth-order valence-corrected chi connectivity index (χ4v) is 4.81. The molecule has 1 saturated heterocycles. The number of aliphatic hydroxyl groups excluding tert-OH is 3. The van der Waals surface area contributed by atoms with Gasteiger partial charge in [0.1, 0.15) is 30.7 Å². The van der Waals surface area contributed by atoms with Crippen LogP contribution in [-0.2, 0) is 21.1 Å². The number of aromatic hydroxyl groups is 1. The van der Waals surface area contributed by atoms with Crippen molar-refractivity contribution in [2.24, 2.45) is 0 Å². The quantitative estimate of drug-likeness (QED) is 0.273. The highest BCUT2D eigenvalue weighted by molar-refractivity contribution is 5.43. The molecule has 0 saturated carbocycles. The van der Waals surface area contributed by atoms with Gasteiger partial charge >= 0.3 is 0 Å². The topological polar surface area (TPSA) is 112 Å². The molecule has 0 bridgehead atoms. The molecule has 200 valence electrons. The van der Waals surface area contributed by atoms with E-state index in [1.54, 1.807) is 19.1 Å². The van der Waals surface area contributed by atoms with Crippen LogP contribution in [0.15, 0.2) is 48.5 Å². The van der Waals surface area contributed by atoms with Gasteiger partial charge < -0.3 is 25.2 Å². The third-order valence-corrected chi connectivity index (χ3v) is 6.87. The second-order valence-electron chi connectivity index (χ2n) is 10.1. The molecule has 1 aliphatic rings. The summed E-state index contributed by atoms with van der Waals surface area (Å²) in [5.41, 5.74) is 2.69. The Kier molecular flexibility index (Phi) is 10.3. The maximum absolute atomic E-state index is 10.8. The van der Waals surface area contributed by atoms with Crippen molar-refractivity contribution in [2.75, 3.05) is 6.54 Å². The lowest BCUT2D eigenvalue weighted by atomic mass is 9.86. The van der Waals surface area contributed by atoms with Crippen LogP contribution in [0.25, 0.3) is 0 Å². The van der Waals surface area contributed by atoms with Crippen LogP contribution in [-0.4, -0.2) is 74.7 Å². The van der Waals surface area contributed by atoms with Crippen LogP contribution >= 0.6 is 0 Å². The van der Waals surface area contributed by atoms with E-state index in [9.17, 15) is 20.4 Å². The number of phenolic OH excluding ortho intramolecular Hbond substituents is 1. The molecule has 4 N–H and O–H groups in total. The first-order valence-electron chi connectivity index (χ1n) is 12.7. The highest BCUT2D eigenvalue weighted by Gasteiger charge is 2.43. The lowest BCUT2D eigenvalue weighted by Crippen LogP contribution is -2.57. The molecule has 1 aliphatic heterocycles. The number of ether oxygens (including phenoxy) is 1. The first-order chi connectivity index (χ1) is 17.1. The van der Waals surface area contributed by atoms with Crippen molar-refractivity contribution in [1.82, 2.24) is 4.90 Å². The highest BCUT2D eigenvalue weighted by Crippen LogP contribution is 2.35. The second-order valence-corrected chi connectivity index (χ2v) is 10.1. The van der Waals surface area contributed by atoms with Gasteiger partial charge in [0.15, 0.2) is 0 Å². The molecule has 0 radical (unpaired) electrons. The van der Waals surface area contributed by atoms with Gasteiger partial charge in [-0.1, -0.05) is 36.4 Å². The Hall–Kier alpha value is -2.04. The highest BCUT2D eigenvalue weighted by atomic mass is 17.2. The second kappa shape index (κ2) is 13.0. The third kappa shape index (κ3) is 7.04. The summed E-state index contributed by atoms with van der Waals surface area (Å²) in [5.74, 6) is 0.194. The van der Waals surface area contributed by atoms with Gasteiger partial charge in [0.25, 0.3) is 0 Å². The van der Waals surface area contributed by atoms with E-state index in [0.29, 0.717) is 12.1 Å². The molecule has 6 atom stereocenters. The molecule has 36 heavy (non-hydrogen) atoms. The van der Waals surface area contributed by atoms with Gasteiger partial charge in [-0.3, -0.25) is 4.90 Å². The predicted octanol–water partition coefficient (Wildman–Crippen LogP) is 3.31. The van der Waals surface area contributed by atoms with Crippen molar-refractivity contribution in [3.05, 3.63) is 65.2 Å². The summed E-state index contributed by atoms with van der Waals surface area (Å²) >= 11 is 0. The Balaban J connectivity index is 1.74. The molecule has 3 rings (SSSR count). The maximum atomic E-state index is 10.8. The Bertz CT molecular complexity index is 931. The van der Waals surface area contributed by atoms with Gasteiger partial charge in [0.2, 0.25) is 6.29 Å². The molecule has 0 amide bonds. The van der Waals surface area contributed by atoms with Crippen LogP contribution in [0.5, 0.6) is 5.75 Å². The third-order valence-electron chi connectivity index (χ3n) is 6.87. The van der Waals surface area contributed by atoms with Crippen LogP contribution < -0.4 is 0 Å². The summed E-state index contributed by atoms with van der Waals surface area (Å²) in [6.07, 6.45) is -5.18. The summed E-state index contributed by atoms with van der Waals surface area (Å²) < 4.78 is 5.40. The van der Waals surface area contributed by atoms with E-state index in [4.69, 9.17) is 14.5 Å². The Labute approximate surface area is 214 Å². The fourth-order valence-electron chi connectivity index (χ4n) is 4.81. The van der Waals surface area contributed by atoms with E-state index in [1.165, 1.54) is 0 Å². The average molecular weight is 504 g/mol. The number of phenols is 1. The SMILES string of the molecule is CC(C)N(CCC(c1ccccc1)c1cc(COO[C@@H]2O[C@H](C)[C@@H](O)[C@H](O)[C@H]2O)ccc1O)C(C)C. The summed E-state index contributed by atoms with van der Waals surface area (Å²) in [4.78, 5) is 13.0. The molecule has 8 nitrogen and oxygen atoms in total. The lowest BCUT2D eigenvalue weighted by molar-refractivity contribution is -0.428. The van der Waals surface area contributed by atoms with E-state index in [2.05, 4.69) is 44.7 Å². The minimum absolute atomic E-state index is 0.0203. The summed E-state index contributed by atoms with van der Waals surface area (Å²) in [6.45, 7) is 11.3. The van der Waals surface area contributed by atoms with Crippen molar-refractivity contribution in [3.8, 4) is 5.75 Å². The molecule has 0 aliphatic carbocycles. The van der Waals surface area contributed by atoms with Gasteiger partial charge in [-0.05, 0) is 70.8 Å². The zero-order valence-corrected chi connectivity index (χ0v) is 21.8. The monoisotopic (exact) mass is 503 g/mol. The van der Waals surface area contributed by atoms with E-state index in [-0.39, 0.29) is 18.3 Å². The maximum Gasteiger partial charge on any atom is 0.220 e. The summed E-state index contributed by atoms with van der Waals surface area (Å²) in [5, 5.41) is 40.7. The molecule has 0 spiro atoms. The number of rotatable bonds is 11. The van der Waals surface area contributed by atoms with Crippen LogP contribution in [0.3, 0.4) is 0 Å². The van der Waals surface area contributed by atoms with E-state index in [0.717, 1.165) is 29.7 Å². The number of nitrogens with zero attached hydrogens (tertiary/aromatic N) is 1. The minimum Gasteiger partial charge on any atom is -0.508 e. The first-order valence-corrected chi connectivity index (χ1v) is 12.7. The average Bonchev–Trinajstić information content (AvgIpc) is 2.85. The standard InChI is InChI=1S/C28H41NO7/c1-17(2)29(18(3)4)14-13-22(21-9-7-6-8-10-21)23-15-20(11-12-24(23)30)16-34-36-28-27(33)26(32)25(31)19(5)35-28/h6-12,15,17-19,22,25-28,30-33H,13-14,16H2,1-5H3/t19-,22?,25-,26+,27-,28+/m1/s1. The van der Waals surface area contributed by atoms with Crippen molar-refractivity contribution >= 4 is 0 Å². The molecular formula is C28H41NO7. The normalized spacial score (nSPS) is 25.6. The lowest BCUT2D eigenvalue weighted by Gasteiger charge is -2.38. The number of hydrogen-bond acceptors (Lipinski definition) is 8. The van der Waals surface area contributed by atoms with E-state index in [1.807, 2.05) is 24.3 Å². The predicted molar refractivity (Wildman–Crippen MR) is 136 cm³/mol. The Morgan fingerprint density at radius 3 is 2.22 bits per heavy atom. The smallest absolute Gasteiger partial charge is 0.220 e. The Morgan fingerprint density at radius 1 is 0.917 bits per heavy atom. The first kappa shape index (κ1) is 28.5. The van der Waals surface area contributed by atoms with E-state index < -0.39 is 30.7 Å². The molecule has 8 heteroatoms. The minimum atomic E-state index is -1.45. The zero-order valence-electron chi connectivity index (χ0n) is 21.8. The van der Waals surface area contributed by atoms with Crippen molar-refractivity contribution < 1.29 is 34.9 Å². The van der Waals surface area contributed by atoms with Crippen molar-refractivity contribution in [2.45, 2.75) is 96.4 Å². The van der Waals surface area contributed by atoms with Gasteiger partial charge in [0, 0.05) is 23.6 Å². The van der Waals surface area contributed by atoms with Crippen LogP contribution in [0.2, 0.25) is 0 Å².